The Morgan fingerprint density at radius 1 is 1.50 bits per heavy atom. The summed E-state index contributed by atoms with van der Waals surface area (Å²) in [6.07, 6.45) is 0.781. The minimum atomic E-state index is 0.532. The van der Waals surface area contributed by atoms with Crippen LogP contribution in [0.5, 0.6) is 5.75 Å². The summed E-state index contributed by atoms with van der Waals surface area (Å²) in [4.78, 5) is 13.7. The highest BCUT2D eigenvalue weighted by atomic mass is 79.9. The molecule has 0 atom stereocenters. The van der Waals surface area contributed by atoms with Crippen LogP contribution in [0.25, 0.3) is 10.9 Å². The van der Waals surface area contributed by atoms with Crippen molar-refractivity contribution in [3.63, 3.8) is 0 Å². The number of nitrogens with one attached hydrogen (secondary N) is 1. The Labute approximate surface area is 89.2 Å². The van der Waals surface area contributed by atoms with Crippen LogP contribution in [0.3, 0.4) is 0 Å². The molecular formula is C10H8BrNO2. The average molecular weight is 254 g/mol. The van der Waals surface area contributed by atoms with Gasteiger partial charge in [-0.1, -0.05) is 12.1 Å². The molecule has 0 aliphatic carbocycles. The van der Waals surface area contributed by atoms with E-state index in [2.05, 4.69) is 20.9 Å². The molecule has 72 valence electrons. The molecular weight excluding hydrogens is 246 g/mol. The van der Waals surface area contributed by atoms with Crippen LogP contribution >= 0.6 is 15.9 Å². The quantitative estimate of drug-likeness (QED) is 0.837. The highest BCUT2D eigenvalue weighted by molar-refractivity contribution is 9.10. The average Bonchev–Trinajstić information content (AvgIpc) is 2.55. The number of aldehydes is 1. The fourth-order valence-corrected chi connectivity index (χ4v) is 1.95. The fourth-order valence-electron chi connectivity index (χ4n) is 1.43. The molecule has 0 aliphatic rings. The molecule has 0 radical (unpaired) electrons. The van der Waals surface area contributed by atoms with Crippen molar-refractivity contribution in [1.82, 2.24) is 4.98 Å². The second-order valence-corrected chi connectivity index (χ2v) is 3.65. The molecule has 0 fully saturated rings. The van der Waals surface area contributed by atoms with Crippen molar-refractivity contribution < 1.29 is 9.53 Å². The Balaban J connectivity index is 2.83. The van der Waals surface area contributed by atoms with Gasteiger partial charge >= 0.3 is 0 Å². The molecule has 0 aliphatic heterocycles. The van der Waals surface area contributed by atoms with Crippen molar-refractivity contribution >= 4 is 33.1 Å². The van der Waals surface area contributed by atoms with E-state index in [-0.39, 0.29) is 0 Å². The maximum atomic E-state index is 10.7. The Kier molecular flexibility index (Phi) is 2.29. The SMILES string of the molecule is COc1cccc2c(Br)c(C=O)[nH]c12. The van der Waals surface area contributed by atoms with Crippen LogP contribution in [0, 0.1) is 0 Å². The number of aromatic amines is 1. The summed E-state index contributed by atoms with van der Waals surface area (Å²) in [5.74, 6) is 0.733. The summed E-state index contributed by atoms with van der Waals surface area (Å²) in [7, 11) is 1.60. The molecule has 0 spiro atoms. The van der Waals surface area contributed by atoms with Gasteiger partial charge in [0.25, 0.3) is 0 Å². The predicted molar refractivity (Wildman–Crippen MR) is 57.9 cm³/mol. The van der Waals surface area contributed by atoms with E-state index in [4.69, 9.17) is 4.74 Å². The van der Waals surface area contributed by atoms with Crippen LogP contribution in [-0.2, 0) is 0 Å². The molecule has 14 heavy (non-hydrogen) atoms. The number of rotatable bonds is 2. The van der Waals surface area contributed by atoms with Gasteiger partial charge in [0, 0.05) is 5.39 Å². The van der Waals surface area contributed by atoms with Gasteiger partial charge in [0.15, 0.2) is 6.29 Å². The van der Waals surface area contributed by atoms with E-state index < -0.39 is 0 Å². The smallest absolute Gasteiger partial charge is 0.167 e. The molecule has 1 aromatic heterocycles. The number of para-hydroxylation sites is 1. The van der Waals surface area contributed by atoms with Crippen molar-refractivity contribution in [3.05, 3.63) is 28.4 Å². The molecule has 2 aromatic rings. The molecule has 0 unspecified atom stereocenters. The molecule has 2 rings (SSSR count). The minimum absolute atomic E-state index is 0.532. The van der Waals surface area contributed by atoms with Crippen LogP contribution in [0.1, 0.15) is 10.5 Å². The molecule has 0 saturated heterocycles. The number of aromatic nitrogens is 1. The minimum Gasteiger partial charge on any atom is -0.495 e. The molecule has 1 aromatic carbocycles. The number of ether oxygens (including phenoxy) is 1. The summed E-state index contributed by atoms with van der Waals surface area (Å²) >= 11 is 3.36. The van der Waals surface area contributed by atoms with E-state index in [9.17, 15) is 4.79 Å². The summed E-state index contributed by atoms with van der Waals surface area (Å²) < 4.78 is 5.95. The van der Waals surface area contributed by atoms with Gasteiger partial charge in [0.05, 0.1) is 22.8 Å². The maximum Gasteiger partial charge on any atom is 0.167 e. The monoisotopic (exact) mass is 253 g/mol. The molecule has 4 heteroatoms. The van der Waals surface area contributed by atoms with Gasteiger partial charge in [-0.15, -0.1) is 0 Å². The number of fused-ring (bicyclic) bond motifs is 1. The molecule has 0 bridgehead atoms. The zero-order valence-corrected chi connectivity index (χ0v) is 9.09. The van der Waals surface area contributed by atoms with Gasteiger partial charge in [0.2, 0.25) is 0 Å². The van der Waals surface area contributed by atoms with Crippen molar-refractivity contribution in [2.45, 2.75) is 0 Å². The third kappa shape index (κ3) is 1.23. The summed E-state index contributed by atoms with van der Waals surface area (Å²) in [5, 5.41) is 0.950. The zero-order chi connectivity index (χ0) is 10.1. The van der Waals surface area contributed by atoms with Crippen LogP contribution in [0.15, 0.2) is 22.7 Å². The van der Waals surface area contributed by atoms with Crippen molar-refractivity contribution in [2.24, 2.45) is 0 Å². The first kappa shape index (κ1) is 9.27. The molecule has 1 N–H and O–H groups in total. The zero-order valence-electron chi connectivity index (χ0n) is 7.50. The van der Waals surface area contributed by atoms with Crippen molar-refractivity contribution in [1.29, 1.82) is 0 Å². The molecule has 1 heterocycles. The lowest BCUT2D eigenvalue weighted by molar-refractivity contribution is 0.111. The first-order chi connectivity index (χ1) is 6.77. The Bertz CT molecular complexity index is 490. The number of hydrogen-bond acceptors (Lipinski definition) is 2. The van der Waals surface area contributed by atoms with Gasteiger partial charge in [-0.3, -0.25) is 4.79 Å². The van der Waals surface area contributed by atoms with E-state index in [1.54, 1.807) is 7.11 Å². The lowest BCUT2D eigenvalue weighted by Gasteiger charge is -1.99. The van der Waals surface area contributed by atoms with Crippen LogP contribution < -0.4 is 4.74 Å². The second-order valence-electron chi connectivity index (χ2n) is 2.85. The number of halogens is 1. The van der Waals surface area contributed by atoms with E-state index in [1.807, 2.05) is 18.2 Å². The first-order valence-electron chi connectivity index (χ1n) is 4.07. The highest BCUT2D eigenvalue weighted by Crippen LogP contribution is 2.32. The summed E-state index contributed by atoms with van der Waals surface area (Å²) in [6.45, 7) is 0. The summed E-state index contributed by atoms with van der Waals surface area (Å²) in [5.41, 5.74) is 1.37. The second kappa shape index (κ2) is 3.46. The number of carbonyl (C=O) groups is 1. The van der Waals surface area contributed by atoms with E-state index in [0.717, 1.165) is 27.4 Å². The van der Waals surface area contributed by atoms with Crippen LogP contribution in [0.2, 0.25) is 0 Å². The van der Waals surface area contributed by atoms with Crippen LogP contribution in [-0.4, -0.2) is 18.4 Å². The van der Waals surface area contributed by atoms with E-state index in [1.165, 1.54) is 0 Å². The highest BCUT2D eigenvalue weighted by Gasteiger charge is 2.10. The van der Waals surface area contributed by atoms with Crippen LogP contribution in [0.4, 0.5) is 0 Å². The lowest BCUT2D eigenvalue weighted by atomic mass is 10.2. The topological polar surface area (TPSA) is 42.1 Å². The Hall–Kier alpha value is -1.29. The first-order valence-corrected chi connectivity index (χ1v) is 4.86. The van der Waals surface area contributed by atoms with E-state index in [0.29, 0.717) is 5.69 Å². The third-order valence-electron chi connectivity index (χ3n) is 2.10. The lowest BCUT2D eigenvalue weighted by Crippen LogP contribution is -1.83. The third-order valence-corrected chi connectivity index (χ3v) is 2.95. The molecule has 3 nitrogen and oxygen atoms in total. The number of carbonyl (C=O) groups excluding carboxylic acids is 1. The normalized spacial score (nSPS) is 10.4. The fraction of sp³-hybridized carbons (Fsp3) is 0.100. The van der Waals surface area contributed by atoms with Gasteiger partial charge in [-0.25, -0.2) is 0 Å². The van der Waals surface area contributed by atoms with E-state index >= 15 is 0 Å². The maximum absolute atomic E-state index is 10.7. The predicted octanol–water partition coefficient (Wildman–Crippen LogP) is 2.75. The van der Waals surface area contributed by atoms with Gasteiger partial charge in [0.1, 0.15) is 5.75 Å². The molecule has 0 saturated carbocycles. The van der Waals surface area contributed by atoms with Gasteiger partial charge < -0.3 is 9.72 Å². The molecule has 0 amide bonds. The standard InChI is InChI=1S/C10H8BrNO2/c1-14-8-4-2-3-6-9(11)7(5-13)12-10(6)8/h2-5,12H,1H3. The van der Waals surface area contributed by atoms with Gasteiger partial charge in [-0.05, 0) is 22.0 Å². The van der Waals surface area contributed by atoms with Gasteiger partial charge in [-0.2, -0.15) is 0 Å². The summed E-state index contributed by atoms with van der Waals surface area (Å²) in [6, 6.07) is 5.65. The number of H-pyrrole nitrogens is 1. The largest absolute Gasteiger partial charge is 0.495 e. The number of hydrogen-bond donors (Lipinski definition) is 1. The number of benzene rings is 1. The van der Waals surface area contributed by atoms with Crippen molar-refractivity contribution in [3.8, 4) is 5.75 Å². The number of methoxy groups -OCH3 is 1. The Morgan fingerprint density at radius 3 is 2.93 bits per heavy atom. The Morgan fingerprint density at radius 2 is 2.29 bits per heavy atom. The van der Waals surface area contributed by atoms with Crippen molar-refractivity contribution in [2.75, 3.05) is 7.11 Å².